The van der Waals surface area contributed by atoms with Gasteiger partial charge in [0.25, 0.3) is 0 Å². The van der Waals surface area contributed by atoms with Crippen LogP contribution in [-0.4, -0.2) is 9.97 Å². The summed E-state index contributed by atoms with van der Waals surface area (Å²) >= 11 is 0. The normalized spacial score (nSPS) is 11.8. The fourth-order valence-corrected chi connectivity index (χ4v) is 4.22. The Kier molecular flexibility index (Phi) is 2.64. The molecular weight excluding hydrogens is 316 g/mol. The molecule has 0 radical (unpaired) electrons. The van der Waals surface area contributed by atoms with Gasteiger partial charge in [0.1, 0.15) is 0 Å². The second kappa shape index (κ2) is 4.99. The number of hydrogen-bond acceptors (Lipinski definition) is 0. The van der Waals surface area contributed by atoms with E-state index in [-0.39, 0.29) is 0 Å². The summed E-state index contributed by atoms with van der Waals surface area (Å²) in [5, 5.41) is 5.10. The number of rotatable bonds is 1. The third kappa shape index (κ3) is 1.76. The highest BCUT2D eigenvalue weighted by atomic mass is 14.7. The van der Waals surface area contributed by atoms with Crippen molar-refractivity contribution in [1.82, 2.24) is 9.97 Å². The van der Waals surface area contributed by atoms with Gasteiger partial charge in [-0.3, -0.25) is 0 Å². The Labute approximate surface area is 150 Å². The van der Waals surface area contributed by atoms with Crippen LogP contribution in [0.25, 0.3) is 54.7 Å². The van der Waals surface area contributed by atoms with Crippen molar-refractivity contribution >= 4 is 43.6 Å². The maximum absolute atomic E-state index is 3.64. The van der Waals surface area contributed by atoms with Crippen LogP contribution < -0.4 is 0 Å². The molecule has 6 rings (SSSR count). The lowest BCUT2D eigenvalue weighted by molar-refractivity contribution is 1.53. The summed E-state index contributed by atoms with van der Waals surface area (Å²) in [5.74, 6) is 0. The SMILES string of the molecule is c1ccc2c(c1)[nH]c1c(-c3cccc4[nH]c5ccccc5c34)cccc12. The molecule has 2 heterocycles. The lowest BCUT2D eigenvalue weighted by Crippen LogP contribution is -1.82. The molecule has 4 aromatic carbocycles. The van der Waals surface area contributed by atoms with Crippen molar-refractivity contribution in [2.45, 2.75) is 0 Å². The van der Waals surface area contributed by atoms with Crippen LogP contribution in [0.4, 0.5) is 0 Å². The van der Waals surface area contributed by atoms with Crippen molar-refractivity contribution in [3.8, 4) is 11.1 Å². The minimum absolute atomic E-state index is 1.18. The van der Waals surface area contributed by atoms with Crippen LogP contribution in [-0.2, 0) is 0 Å². The van der Waals surface area contributed by atoms with Gasteiger partial charge in [0, 0.05) is 43.7 Å². The van der Waals surface area contributed by atoms with Gasteiger partial charge in [0.2, 0.25) is 0 Å². The molecule has 122 valence electrons. The highest BCUT2D eigenvalue weighted by Gasteiger charge is 2.14. The maximum atomic E-state index is 3.64. The summed E-state index contributed by atoms with van der Waals surface area (Å²) in [6, 6.07) is 30.1. The van der Waals surface area contributed by atoms with Crippen molar-refractivity contribution < 1.29 is 0 Å². The second-order valence-electron chi connectivity index (χ2n) is 6.80. The molecule has 0 spiro atoms. The molecule has 0 aliphatic heterocycles. The number of para-hydroxylation sites is 3. The second-order valence-corrected chi connectivity index (χ2v) is 6.80. The smallest absolute Gasteiger partial charge is 0.0544 e. The van der Waals surface area contributed by atoms with Gasteiger partial charge < -0.3 is 9.97 Å². The van der Waals surface area contributed by atoms with Gasteiger partial charge in [-0.2, -0.15) is 0 Å². The van der Waals surface area contributed by atoms with E-state index in [1.54, 1.807) is 0 Å². The third-order valence-corrected chi connectivity index (χ3v) is 5.36. The predicted octanol–water partition coefficient (Wildman–Crippen LogP) is 6.62. The topological polar surface area (TPSA) is 31.6 Å². The zero-order valence-electron chi connectivity index (χ0n) is 14.1. The predicted molar refractivity (Wildman–Crippen MR) is 111 cm³/mol. The maximum Gasteiger partial charge on any atom is 0.0544 e. The molecular formula is C24H16N2. The quantitative estimate of drug-likeness (QED) is 0.339. The summed E-state index contributed by atoms with van der Waals surface area (Å²) in [5.41, 5.74) is 7.24. The highest BCUT2D eigenvalue weighted by Crippen LogP contribution is 2.38. The number of fused-ring (bicyclic) bond motifs is 6. The number of aromatic nitrogens is 2. The summed E-state index contributed by atoms with van der Waals surface area (Å²) in [6.45, 7) is 0. The molecule has 2 heteroatoms. The van der Waals surface area contributed by atoms with Crippen LogP contribution in [0, 0.1) is 0 Å². The number of hydrogen-bond donors (Lipinski definition) is 2. The average molecular weight is 332 g/mol. The molecule has 6 aromatic rings. The number of benzene rings is 4. The average Bonchev–Trinajstić information content (AvgIpc) is 3.26. The molecule has 0 fully saturated rings. The molecule has 2 aromatic heterocycles. The molecule has 2 N–H and O–H groups in total. The fraction of sp³-hybridized carbons (Fsp3) is 0. The van der Waals surface area contributed by atoms with Gasteiger partial charge in [-0.1, -0.05) is 66.7 Å². The Morgan fingerprint density at radius 1 is 0.423 bits per heavy atom. The Morgan fingerprint density at radius 3 is 1.92 bits per heavy atom. The fourth-order valence-electron chi connectivity index (χ4n) is 4.22. The van der Waals surface area contributed by atoms with Gasteiger partial charge in [-0.25, -0.2) is 0 Å². The van der Waals surface area contributed by atoms with E-state index < -0.39 is 0 Å². The van der Waals surface area contributed by atoms with Gasteiger partial charge >= 0.3 is 0 Å². The molecule has 0 saturated heterocycles. The highest BCUT2D eigenvalue weighted by molar-refractivity contribution is 6.18. The van der Waals surface area contributed by atoms with Crippen LogP contribution in [0.5, 0.6) is 0 Å². The number of H-pyrrole nitrogens is 2. The van der Waals surface area contributed by atoms with Crippen LogP contribution in [0.3, 0.4) is 0 Å². The summed E-state index contributed by atoms with van der Waals surface area (Å²) in [7, 11) is 0. The van der Waals surface area contributed by atoms with E-state index in [9.17, 15) is 0 Å². The van der Waals surface area contributed by atoms with Crippen molar-refractivity contribution in [2.24, 2.45) is 0 Å². The number of nitrogens with one attached hydrogen (secondary N) is 2. The lowest BCUT2D eigenvalue weighted by Gasteiger charge is -2.06. The number of aromatic amines is 2. The molecule has 2 nitrogen and oxygen atoms in total. The van der Waals surface area contributed by atoms with E-state index >= 15 is 0 Å². The first-order chi connectivity index (χ1) is 12.9. The van der Waals surface area contributed by atoms with Crippen LogP contribution >= 0.6 is 0 Å². The minimum atomic E-state index is 1.18. The zero-order chi connectivity index (χ0) is 17.1. The van der Waals surface area contributed by atoms with Gasteiger partial charge in [0.15, 0.2) is 0 Å². The Bertz CT molecular complexity index is 1430. The molecule has 0 aliphatic carbocycles. The first kappa shape index (κ1) is 13.7. The first-order valence-corrected chi connectivity index (χ1v) is 8.89. The van der Waals surface area contributed by atoms with E-state index in [0.717, 1.165) is 0 Å². The van der Waals surface area contributed by atoms with Crippen molar-refractivity contribution in [2.75, 3.05) is 0 Å². The Morgan fingerprint density at radius 2 is 1.04 bits per heavy atom. The van der Waals surface area contributed by atoms with E-state index in [4.69, 9.17) is 0 Å². The van der Waals surface area contributed by atoms with Gasteiger partial charge in [0.05, 0.1) is 5.52 Å². The third-order valence-electron chi connectivity index (χ3n) is 5.36. The monoisotopic (exact) mass is 332 g/mol. The summed E-state index contributed by atoms with van der Waals surface area (Å²) in [4.78, 5) is 7.19. The van der Waals surface area contributed by atoms with Crippen LogP contribution in [0.1, 0.15) is 0 Å². The van der Waals surface area contributed by atoms with Gasteiger partial charge in [-0.05, 0) is 23.8 Å². The largest absolute Gasteiger partial charge is 0.354 e. The molecule has 26 heavy (non-hydrogen) atoms. The van der Waals surface area contributed by atoms with Crippen LogP contribution in [0.2, 0.25) is 0 Å². The van der Waals surface area contributed by atoms with E-state index in [0.29, 0.717) is 0 Å². The lowest BCUT2D eigenvalue weighted by atomic mass is 9.97. The van der Waals surface area contributed by atoms with E-state index in [1.165, 1.54) is 54.7 Å². The Hall–Kier alpha value is -3.52. The van der Waals surface area contributed by atoms with Crippen molar-refractivity contribution in [1.29, 1.82) is 0 Å². The minimum Gasteiger partial charge on any atom is -0.354 e. The van der Waals surface area contributed by atoms with E-state index in [2.05, 4.69) is 94.9 Å². The van der Waals surface area contributed by atoms with Gasteiger partial charge in [-0.15, -0.1) is 0 Å². The molecule has 0 atom stereocenters. The van der Waals surface area contributed by atoms with Crippen molar-refractivity contribution in [3.05, 3.63) is 84.9 Å². The molecule has 0 saturated carbocycles. The van der Waals surface area contributed by atoms with Crippen molar-refractivity contribution in [3.63, 3.8) is 0 Å². The standard InChI is InChI=1S/C24H16N2/c1-3-12-20-15(7-1)17-10-5-11-18(24(17)26-20)16-9-6-14-22-23(16)19-8-2-4-13-21(19)25-22/h1-14,25-26H. The summed E-state index contributed by atoms with van der Waals surface area (Å²) in [6.07, 6.45) is 0. The molecule has 0 bridgehead atoms. The molecule has 0 amide bonds. The molecule has 0 aliphatic rings. The molecule has 0 unspecified atom stereocenters. The zero-order valence-corrected chi connectivity index (χ0v) is 14.1. The van der Waals surface area contributed by atoms with E-state index in [1.807, 2.05) is 0 Å². The summed E-state index contributed by atoms with van der Waals surface area (Å²) < 4.78 is 0. The Balaban J connectivity index is 1.79. The van der Waals surface area contributed by atoms with Crippen LogP contribution in [0.15, 0.2) is 84.9 Å². The first-order valence-electron chi connectivity index (χ1n) is 8.89.